The topological polar surface area (TPSA) is 300 Å². The van der Waals surface area contributed by atoms with E-state index in [1.807, 2.05) is 0 Å². The number of ether oxygens (including phenoxy) is 1. The highest BCUT2D eigenvalue weighted by molar-refractivity contribution is 7.93. The Balaban J connectivity index is 1.28. The van der Waals surface area contributed by atoms with E-state index in [0.29, 0.717) is 17.2 Å². The molecule has 1 saturated carbocycles. The van der Waals surface area contributed by atoms with E-state index in [-0.39, 0.29) is 36.9 Å². The second-order valence-corrected chi connectivity index (χ2v) is 27.1. The summed E-state index contributed by atoms with van der Waals surface area (Å²) in [5.74, 6) is -9.81. The van der Waals surface area contributed by atoms with Gasteiger partial charge in [-0.1, -0.05) is 53.9 Å². The van der Waals surface area contributed by atoms with Crippen LogP contribution in [0.1, 0.15) is 90.6 Å². The number of benzene rings is 3. The maximum atomic E-state index is 15.7. The number of pyridine rings is 1. The number of phosphoric acid groups is 1. The first kappa shape index (κ1) is 67.3. The van der Waals surface area contributed by atoms with E-state index in [1.54, 1.807) is 0 Å². The van der Waals surface area contributed by atoms with Gasteiger partial charge in [0.25, 0.3) is 5.92 Å². The van der Waals surface area contributed by atoms with Crippen molar-refractivity contribution in [3.8, 4) is 23.0 Å². The summed E-state index contributed by atoms with van der Waals surface area (Å²) >= 11 is 6.73. The van der Waals surface area contributed by atoms with Crippen molar-refractivity contribution in [2.75, 3.05) is 30.2 Å². The predicted molar refractivity (Wildman–Crippen MR) is 292 cm³/mol. The van der Waals surface area contributed by atoms with Crippen LogP contribution < -0.4 is 9.62 Å². The molecule has 0 aliphatic heterocycles. The molecule has 3 heterocycles. The highest BCUT2D eigenvalue weighted by Gasteiger charge is 2.68. The third-order valence-corrected chi connectivity index (χ3v) is 17.9. The summed E-state index contributed by atoms with van der Waals surface area (Å²) < 4.78 is 221. The van der Waals surface area contributed by atoms with Crippen molar-refractivity contribution < 1.29 is 109 Å². The Kier molecular flexibility index (Phi) is 18.6. The second kappa shape index (κ2) is 24.6. The van der Waals surface area contributed by atoms with Gasteiger partial charge in [-0.2, -0.15) is 49.6 Å². The normalized spacial score (nSPS) is 16.4. The Morgan fingerprint density at radius 3 is 2.15 bits per heavy atom. The van der Waals surface area contributed by atoms with Gasteiger partial charge in [-0.3, -0.25) is 23.9 Å². The third kappa shape index (κ3) is 15.0. The minimum atomic E-state index is -5.28. The smallest absolute Gasteiger partial charge is 0.472 e. The number of anilines is 1. The maximum absolute atomic E-state index is 15.7. The van der Waals surface area contributed by atoms with Gasteiger partial charge in [0, 0.05) is 47.9 Å². The number of hydrogen-bond donors (Lipinski definition) is 4. The summed E-state index contributed by atoms with van der Waals surface area (Å²) in [4.78, 5) is 78.0. The number of sulfonamides is 1. The molecule has 36 heteroatoms. The molecule has 0 radical (unpaired) electrons. The molecule has 4 atom stereocenters. The van der Waals surface area contributed by atoms with Crippen LogP contribution in [0.2, 0.25) is 5.02 Å². The van der Waals surface area contributed by atoms with E-state index in [0.717, 1.165) is 42.7 Å². The van der Waals surface area contributed by atoms with Gasteiger partial charge in [-0.05, 0) is 86.4 Å². The summed E-state index contributed by atoms with van der Waals surface area (Å²) in [6.07, 6.45) is -13.7. The van der Waals surface area contributed by atoms with Crippen LogP contribution in [0.15, 0.2) is 72.8 Å². The van der Waals surface area contributed by atoms with Gasteiger partial charge < -0.3 is 24.9 Å². The molecule has 4 N–H and O–H groups in total. The Bertz CT molecular complexity index is 4160. The van der Waals surface area contributed by atoms with Crippen molar-refractivity contribution in [3.63, 3.8) is 0 Å². The van der Waals surface area contributed by atoms with Crippen LogP contribution in [-0.2, 0) is 79.7 Å². The average molecular weight is 1340 g/mol. The van der Waals surface area contributed by atoms with Crippen molar-refractivity contribution in [2.45, 2.75) is 93.6 Å². The lowest BCUT2D eigenvalue weighted by atomic mass is 9.93. The average Bonchev–Trinajstić information content (AvgIpc) is 1.53. The molecule has 3 aromatic heterocycles. The van der Waals surface area contributed by atoms with Crippen molar-refractivity contribution in [3.05, 3.63) is 129 Å². The quantitative estimate of drug-likeness (QED) is 0.0227. The van der Waals surface area contributed by atoms with Crippen LogP contribution in [0, 0.1) is 29.4 Å². The maximum Gasteiger partial charge on any atom is 0.472 e. The summed E-state index contributed by atoms with van der Waals surface area (Å²) in [5.41, 5.74) is -6.72. The molecule has 89 heavy (non-hydrogen) atoms. The first-order valence-electron chi connectivity index (χ1n) is 25.8. The lowest BCUT2D eigenvalue weighted by molar-refractivity contribution is -0.143. The van der Waals surface area contributed by atoms with Crippen LogP contribution >= 0.6 is 19.4 Å². The van der Waals surface area contributed by atoms with Gasteiger partial charge in [-0.25, -0.2) is 49.3 Å². The Labute approximate surface area is 502 Å². The number of carbonyl (C=O) groups is 4. The van der Waals surface area contributed by atoms with E-state index in [2.05, 4.69) is 36.9 Å². The Morgan fingerprint density at radius 1 is 0.921 bits per heavy atom. The zero-order chi connectivity index (χ0) is 65.9. The lowest BCUT2D eigenvalue weighted by Crippen LogP contribution is -2.41. The first-order valence-corrected chi connectivity index (χ1v) is 31.5. The van der Waals surface area contributed by atoms with Gasteiger partial charge in [-0.15, -0.1) is 0 Å². The molecule has 2 aliphatic rings. The molecule has 3 amide bonds. The van der Waals surface area contributed by atoms with E-state index in [1.165, 1.54) is 44.2 Å². The fraction of sp³-hybridized carbons (Fsp3) is 0.377. The number of aromatic nitrogens is 5. The zero-order valence-corrected chi connectivity index (χ0v) is 49.6. The highest BCUT2D eigenvalue weighted by atomic mass is 35.5. The lowest BCUT2D eigenvalue weighted by Gasteiger charge is -2.28. The Hall–Kier alpha value is -7.67. The molecule has 8 rings (SSSR count). The number of halogens is 11. The number of hydrogen-bond acceptors (Lipinski definition) is 14. The monoisotopic (exact) mass is 1340 g/mol. The third-order valence-electron chi connectivity index (χ3n) is 14.1. The first-order chi connectivity index (χ1) is 41.1. The van der Waals surface area contributed by atoms with Gasteiger partial charge >= 0.3 is 32.2 Å². The molecule has 6 aromatic rings. The van der Waals surface area contributed by atoms with E-state index in [9.17, 15) is 80.8 Å². The molecule has 1 fully saturated rings. The van der Waals surface area contributed by atoms with Gasteiger partial charge in [0.2, 0.25) is 28.6 Å². The number of alkyl halides is 8. The minimum absolute atomic E-state index is 0.0631. The molecular formula is C53H48ClF10N8O14PS2. The number of phosphoric ester groups is 1. The summed E-state index contributed by atoms with van der Waals surface area (Å²) in [7, 11) is -14.3. The number of carboxylic acids is 1. The molecule has 3 aromatic carbocycles. The van der Waals surface area contributed by atoms with Gasteiger partial charge in [0.1, 0.15) is 40.9 Å². The summed E-state index contributed by atoms with van der Waals surface area (Å²) in [6, 6.07) is 9.00. The van der Waals surface area contributed by atoms with Crippen LogP contribution in [-0.4, -0.2) is 122 Å². The van der Waals surface area contributed by atoms with E-state index < -0.39 is 211 Å². The highest BCUT2D eigenvalue weighted by Crippen LogP contribution is 2.68. The summed E-state index contributed by atoms with van der Waals surface area (Å²) in [5, 5.41) is 18.6. The standard InChI is InChI=1S/C53H48ClF10N8O14PS2/c1-50(2,88(3,81)82)17-16-31-12-13-32(42(65-31)37(21-27-19-29(55)22-30(56)20-27)66-38(73)24-70-46-40(45(67-70)53(62,63)64)34-23-35(34)52(46,60)61)33-14-15-36(54)41-44(33)71(25-51(57,58)59)68-47(41)72(89(4,83)84)39(74)11-8-18-69(49(77)85-26-86-87(78,79)80)43(48(75)76)28-9-6-5-7-10-28/h5-7,9-10,12-15,19-20,22,34-35,37,43H,8,11,18,21,23-26H2,1-4H3,(H,66,73)(H,75,76)(H2,78,79,80)/t34-,35+,37-,43-/m0/s1. The molecule has 0 unspecified atom stereocenters. The number of nitrogens with one attached hydrogen (secondary N) is 1. The van der Waals surface area contributed by atoms with Crippen molar-refractivity contribution >= 4 is 79.9 Å². The fourth-order valence-corrected chi connectivity index (χ4v) is 11.6. The number of rotatable bonds is 21. The minimum Gasteiger partial charge on any atom is -0.479 e. The molecule has 0 saturated heterocycles. The number of nitrogens with zero attached hydrogens (tertiary/aromatic N) is 7. The molecule has 0 bridgehead atoms. The predicted octanol–water partition coefficient (Wildman–Crippen LogP) is 8.70. The number of aliphatic carboxylic acids is 1. The van der Waals surface area contributed by atoms with Crippen molar-refractivity contribution in [1.29, 1.82) is 0 Å². The largest absolute Gasteiger partial charge is 0.479 e. The molecule has 2 aliphatic carbocycles. The number of sulfone groups is 1. The number of carbonyl (C=O) groups excluding carboxylic acids is 3. The van der Waals surface area contributed by atoms with Crippen LogP contribution in [0.25, 0.3) is 22.0 Å². The van der Waals surface area contributed by atoms with Crippen molar-refractivity contribution in [1.82, 2.24) is 34.8 Å². The number of amides is 3. The van der Waals surface area contributed by atoms with Crippen LogP contribution in [0.3, 0.4) is 0 Å². The molecule has 478 valence electrons. The number of fused-ring (bicyclic) bond motifs is 4. The van der Waals surface area contributed by atoms with Crippen LogP contribution in [0.4, 0.5) is 54.5 Å². The van der Waals surface area contributed by atoms with E-state index >= 15 is 8.78 Å². The number of carboxylic acid groups (broad SMARTS) is 1. The summed E-state index contributed by atoms with van der Waals surface area (Å²) in [6.45, 7) is -3.35. The zero-order valence-electron chi connectivity index (χ0n) is 46.3. The Morgan fingerprint density at radius 2 is 1.56 bits per heavy atom. The molecular weight excluding hydrogens is 1290 g/mol. The van der Waals surface area contributed by atoms with Gasteiger partial charge in [0.15, 0.2) is 27.4 Å². The van der Waals surface area contributed by atoms with E-state index in [4.69, 9.17) is 26.1 Å². The second-order valence-electron chi connectivity index (χ2n) is 21.0. The molecule has 22 nitrogen and oxygen atoms in total. The molecule has 0 spiro atoms. The van der Waals surface area contributed by atoms with Crippen LogP contribution in [0.5, 0.6) is 0 Å². The fourth-order valence-electron chi connectivity index (χ4n) is 10.0. The van der Waals surface area contributed by atoms with Crippen molar-refractivity contribution in [2.24, 2.45) is 5.92 Å². The van der Waals surface area contributed by atoms with Gasteiger partial charge in [0.05, 0.1) is 33.9 Å². The SMILES string of the molecule is CC(C)(C#Cc1ccc(-c2ccc(Cl)c3c(N(C(=O)CCCN(C(=O)OCOP(=O)(O)O)[C@H](C(=O)O)c4ccccc4)S(C)(=O)=O)nn(CC(F)(F)F)c23)c([C@H](Cc2cc(F)cc(F)c2)NC(=O)Cn2nc(C(F)(F)F)c3c2C(F)(F)[C@@H]2C[C@H]32)n1)S(C)(=O)=O.